The van der Waals surface area contributed by atoms with Crippen LogP contribution in [-0.4, -0.2) is 48.2 Å². The van der Waals surface area contributed by atoms with Crippen LogP contribution in [0.2, 0.25) is 0 Å². The highest BCUT2D eigenvalue weighted by Crippen LogP contribution is 2.24. The molecule has 30 heavy (non-hydrogen) atoms. The number of likely N-dealkylation sites (tertiary alicyclic amines) is 1. The number of anilines is 1. The molecule has 158 valence electrons. The molecule has 1 aromatic carbocycles. The molecule has 0 aliphatic carbocycles. The van der Waals surface area contributed by atoms with Crippen LogP contribution in [0.1, 0.15) is 36.3 Å². The van der Waals surface area contributed by atoms with Crippen LogP contribution in [-0.2, 0) is 9.53 Å². The summed E-state index contributed by atoms with van der Waals surface area (Å²) in [6.45, 7) is 7.98. The van der Waals surface area contributed by atoms with Gasteiger partial charge in [0.2, 0.25) is 0 Å². The number of rotatable bonds is 7. The van der Waals surface area contributed by atoms with Crippen molar-refractivity contribution in [3.05, 3.63) is 58.9 Å². The van der Waals surface area contributed by atoms with Crippen LogP contribution < -0.4 is 5.32 Å². The average molecular weight is 407 g/mol. The summed E-state index contributed by atoms with van der Waals surface area (Å²) in [6.07, 6.45) is 2.58. The molecular formula is C24H30N4O2. The molecule has 1 fully saturated rings. The van der Waals surface area contributed by atoms with Crippen molar-refractivity contribution in [2.75, 3.05) is 32.1 Å². The summed E-state index contributed by atoms with van der Waals surface area (Å²) in [6, 6.07) is 14.5. The molecule has 1 saturated heterocycles. The van der Waals surface area contributed by atoms with E-state index in [1.54, 1.807) is 18.1 Å². The molecule has 2 aromatic rings. The third-order valence-electron chi connectivity index (χ3n) is 5.64. The SMILES string of the molecule is COCC(C)n1c(C)cc(/C=C(\C#N)C(=O)N2CCC(Nc3ccccc3)C2)c1C. The third-order valence-corrected chi connectivity index (χ3v) is 5.64. The Morgan fingerprint density at radius 1 is 1.37 bits per heavy atom. The van der Waals surface area contributed by atoms with E-state index in [-0.39, 0.29) is 23.6 Å². The number of carbonyl (C=O) groups excluding carboxylic acids is 1. The van der Waals surface area contributed by atoms with Gasteiger partial charge in [0.25, 0.3) is 5.91 Å². The first kappa shape index (κ1) is 21.7. The van der Waals surface area contributed by atoms with E-state index in [4.69, 9.17) is 4.74 Å². The van der Waals surface area contributed by atoms with Gasteiger partial charge in [-0.15, -0.1) is 0 Å². The van der Waals surface area contributed by atoms with E-state index < -0.39 is 0 Å². The molecule has 0 saturated carbocycles. The predicted molar refractivity (Wildman–Crippen MR) is 119 cm³/mol. The van der Waals surface area contributed by atoms with Crippen molar-refractivity contribution in [3.8, 4) is 6.07 Å². The normalized spacial score (nSPS) is 17.6. The lowest BCUT2D eigenvalue weighted by Gasteiger charge is -2.18. The smallest absolute Gasteiger partial charge is 0.264 e. The lowest BCUT2D eigenvalue weighted by molar-refractivity contribution is -0.125. The van der Waals surface area contributed by atoms with Gasteiger partial charge in [0.05, 0.1) is 12.6 Å². The van der Waals surface area contributed by atoms with Crippen LogP contribution in [0.4, 0.5) is 5.69 Å². The number of hydrogen-bond acceptors (Lipinski definition) is 4. The standard InChI is InChI=1S/C24H30N4O2/c1-17-12-20(19(3)28(17)18(2)16-30-4)13-21(14-25)24(29)27-11-10-23(15-27)26-22-8-6-5-7-9-22/h5-9,12-13,18,23,26H,10-11,15-16H2,1-4H3/b21-13+. The van der Waals surface area contributed by atoms with Gasteiger partial charge in [-0.05, 0) is 57.0 Å². The zero-order valence-electron chi connectivity index (χ0n) is 18.2. The number of ether oxygens (including phenoxy) is 1. The van der Waals surface area contributed by atoms with Crippen molar-refractivity contribution < 1.29 is 9.53 Å². The fraction of sp³-hybridized carbons (Fsp3) is 0.417. The quantitative estimate of drug-likeness (QED) is 0.559. The maximum Gasteiger partial charge on any atom is 0.264 e. The summed E-state index contributed by atoms with van der Waals surface area (Å²) < 4.78 is 7.47. The highest BCUT2D eigenvalue weighted by atomic mass is 16.5. The lowest BCUT2D eigenvalue weighted by Crippen LogP contribution is -2.32. The molecule has 3 rings (SSSR count). The zero-order chi connectivity index (χ0) is 21.7. The first-order chi connectivity index (χ1) is 14.4. The molecule has 1 amide bonds. The first-order valence-corrected chi connectivity index (χ1v) is 10.3. The van der Waals surface area contributed by atoms with Gasteiger partial charge >= 0.3 is 0 Å². The number of carbonyl (C=O) groups is 1. The van der Waals surface area contributed by atoms with Crippen LogP contribution in [0.5, 0.6) is 0 Å². The molecule has 0 bridgehead atoms. The summed E-state index contributed by atoms with van der Waals surface area (Å²) in [5, 5.41) is 13.1. The van der Waals surface area contributed by atoms with Crippen molar-refractivity contribution >= 4 is 17.7 Å². The molecule has 2 heterocycles. The van der Waals surface area contributed by atoms with E-state index in [2.05, 4.69) is 22.9 Å². The highest BCUT2D eigenvalue weighted by Gasteiger charge is 2.28. The van der Waals surface area contributed by atoms with E-state index >= 15 is 0 Å². The first-order valence-electron chi connectivity index (χ1n) is 10.3. The van der Waals surface area contributed by atoms with Gasteiger partial charge in [0.15, 0.2) is 0 Å². The largest absolute Gasteiger partial charge is 0.383 e. The maximum atomic E-state index is 13.0. The van der Waals surface area contributed by atoms with E-state index in [1.165, 1.54) is 0 Å². The Balaban J connectivity index is 1.73. The van der Waals surface area contributed by atoms with Crippen LogP contribution in [0.3, 0.4) is 0 Å². The second-order valence-corrected chi connectivity index (χ2v) is 7.92. The van der Waals surface area contributed by atoms with Gasteiger partial charge in [-0.25, -0.2) is 0 Å². The number of nitrogens with one attached hydrogen (secondary N) is 1. The molecular weight excluding hydrogens is 376 g/mol. The van der Waals surface area contributed by atoms with Crippen LogP contribution in [0.25, 0.3) is 6.08 Å². The average Bonchev–Trinajstić information content (AvgIpc) is 3.30. The van der Waals surface area contributed by atoms with E-state index in [9.17, 15) is 10.1 Å². The number of nitrogens with zero attached hydrogens (tertiary/aromatic N) is 3. The molecule has 6 heteroatoms. The Morgan fingerprint density at radius 2 is 2.10 bits per heavy atom. The Bertz CT molecular complexity index is 956. The molecule has 1 N–H and O–H groups in total. The number of amides is 1. The minimum atomic E-state index is -0.204. The van der Waals surface area contributed by atoms with E-state index in [0.717, 1.165) is 29.1 Å². The van der Waals surface area contributed by atoms with Crippen molar-refractivity contribution in [2.24, 2.45) is 0 Å². The van der Waals surface area contributed by atoms with E-state index in [0.29, 0.717) is 19.7 Å². The van der Waals surface area contributed by atoms with E-state index in [1.807, 2.05) is 50.2 Å². The third kappa shape index (κ3) is 4.74. The van der Waals surface area contributed by atoms with Crippen molar-refractivity contribution in [1.82, 2.24) is 9.47 Å². The maximum absolute atomic E-state index is 13.0. The number of nitriles is 1. The second-order valence-electron chi connectivity index (χ2n) is 7.92. The van der Waals surface area contributed by atoms with Gasteiger partial charge in [0, 0.05) is 43.3 Å². The van der Waals surface area contributed by atoms with Crippen molar-refractivity contribution in [3.63, 3.8) is 0 Å². The summed E-state index contributed by atoms with van der Waals surface area (Å²) in [7, 11) is 1.69. The Labute approximate surface area is 178 Å². The molecule has 2 unspecified atom stereocenters. The fourth-order valence-electron chi connectivity index (χ4n) is 4.24. The lowest BCUT2D eigenvalue weighted by atomic mass is 10.1. The van der Waals surface area contributed by atoms with Gasteiger partial charge in [-0.3, -0.25) is 4.79 Å². The number of hydrogen-bond donors (Lipinski definition) is 1. The highest BCUT2D eigenvalue weighted by molar-refractivity contribution is 6.02. The molecule has 2 atom stereocenters. The summed E-state index contributed by atoms with van der Waals surface area (Å²) >= 11 is 0. The molecule has 1 aliphatic rings. The topological polar surface area (TPSA) is 70.3 Å². The zero-order valence-corrected chi connectivity index (χ0v) is 18.2. The number of benzene rings is 1. The molecule has 1 aliphatic heterocycles. The molecule has 6 nitrogen and oxygen atoms in total. The fourth-order valence-corrected chi connectivity index (χ4v) is 4.24. The number of aromatic nitrogens is 1. The summed E-state index contributed by atoms with van der Waals surface area (Å²) in [5.74, 6) is -0.204. The summed E-state index contributed by atoms with van der Waals surface area (Å²) in [5.41, 5.74) is 4.24. The molecule has 1 aromatic heterocycles. The minimum absolute atomic E-state index is 0.176. The Hall–Kier alpha value is -3.04. The van der Waals surface area contributed by atoms with Gasteiger partial charge in [0.1, 0.15) is 11.6 Å². The monoisotopic (exact) mass is 406 g/mol. The number of aryl methyl sites for hydroxylation is 1. The summed E-state index contributed by atoms with van der Waals surface area (Å²) in [4.78, 5) is 14.8. The number of methoxy groups -OCH3 is 1. The Kier molecular flexibility index (Phi) is 6.96. The van der Waals surface area contributed by atoms with Crippen molar-refractivity contribution in [2.45, 2.75) is 39.3 Å². The van der Waals surface area contributed by atoms with Gasteiger partial charge in [-0.2, -0.15) is 5.26 Å². The minimum Gasteiger partial charge on any atom is -0.383 e. The molecule has 0 spiro atoms. The predicted octanol–water partition coefficient (Wildman–Crippen LogP) is 3.93. The van der Waals surface area contributed by atoms with Crippen LogP contribution in [0, 0.1) is 25.2 Å². The number of para-hydroxylation sites is 1. The second kappa shape index (κ2) is 9.64. The van der Waals surface area contributed by atoms with Crippen LogP contribution >= 0.6 is 0 Å². The van der Waals surface area contributed by atoms with Crippen molar-refractivity contribution in [1.29, 1.82) is 5.26 Å². The van der Waals surface area contributed by atoms with Gasteiger partial charge in [-0.1, -0.05) is 18.2 Å². The Morgan fingerprint density at radius 3 is 2.77 bits per heavy atom. The van der Waals surface area contributed by atoms with Crippen LogP contribution in [0.15, 0.2) is 42.0 Å². The molecule has 0 radical (unpaired) electrons. The van der Waals surface area contributed by atoms with Gasteiger partial charge < -0.3 is 19.5 Å².